The molecule has 0 saturated heterocycles. The van der Waals surface area contributed by atoms with E-state index in [0.29, 0.717) is 11.4 Å². The van der Waals surface area contributed by atoms with E-state index >= 15 is 0 Å². The Morgan fingerprint density at radius 1 is 0.879 bits per heavy atom. The van der Waals surface area contributed by atoms with E-state index in [9.17, 15) is 32.7 Å². The number of aromatic nitrogens is 2. The van der Waals surface area contributed by atoms with Gasteiger partial charge in [0, 0.05) is 41.8 Å². The summed E-state index contributed by atoms with van der Waals surface area (Å²) in [5.74, 6) is 0.518. The molecule has 2 amide bonds. The molecule has 2 N–H and O–H groups in total. The highest BCUT2D eigenvalue weighted by Gasteiger charge is 2.34. The molecule has 1 saturated carbocycles. The molecule has 0 radical (unpaired) electrons. The number of benzene rings is 3. The fourth-order valence-electron chi connectivity index (χ4n) is 8.19. The molecule has 1 heterocycles. The first-order valence-electron chi connectivity index (χ1n) is 19.7. The molecule has 2 aliphatic carbocycles. The Kier molecular flexibility index (Phi) is 13.5. The van der Waals surface area contributed by atoms with Crippen LogP contribution in [-0.2, 0) is 28.7 Å². The van der Waals surface area contributed by atoms with E-state index in [1.807, 2.05) is 24.5 Å². The van der Waals surface area contributed by atoms with E-state index < -0.39 is 42.5 Å². The molecule has 58 heavy (non-hydrogen) atoms. The Bertz CT molecular complexity index is 2110. The number of nitrogens with zero attached hydrogens (tertiary/aromatic N) is 3. The number of alkyl halides is 3. The van der Waals surface area contributed by atoms with Gasteiger partial charge in [-0.3, -0.25) is 14.4 Å². The molecule has 1 fully saturated rings. The van der Waals surface area contributed by atoms with Crippen molar-refractivity contribution < 1.29 is 42.1 Å². The van der Waals surface area contributed by atoms with Gasteiger partial charge in [-0.2, -0.15) is 13.2 Å². The van der Waals surface area contributed by atoms with Gasteiger partial charge in [-0.05, 0) is 90.8 Å². The molecule has 10 nitrogen and oxygen atoms in total. The van der Waals surface area contributed by atoms with Crippen LogP contribution in [0.3, 0.4) is 0 Å². The third kappa shape index (κ3) is 10.4. The molecule has 2 aliphatic rings. The van der Waals surface area contributed by atoms with E-state index in [0.717, 1.165) is 52.7 Å². The zero-order chi connectivity index (χ0) is 41.4. The number of ether oxygens (including phenoxy) is 2. The highest BCUT2D eigenvalue weighted by molar-refractivity contribution is 6.00. The fourth-order valence-corrected chi connectivity index (χ4v) is 8.19. The minimum Gasteiger partial charge on any atom is -0.497 e. The number of carboxylic acids is 1. The Balaban J connectivity index is 1.08. The minimum atomic E-state index is -4.70. The smallest absolute Gasteiger partial charge is 0.416 e. The Labute approximate surface area is 336 Å². The quantitative estimate of drug-likeness (QED) is 0.129. The summed E-state index contributed by atoms with van der Waals surface area (Å²) >= 11 is 0. The van der Waals surface area contributed by atoms with Gasteiger partial charge in [0.05, 0.1) is 31.8 Å². The van der Waals surface area contributed by atoms with Gasteiger partial charge in [0.1, 0.15) is 18.0 Å². The van der Waals surface area contributed by atoms with E-state index in [1.54, 1.807) is 12.1 Å². The highest BCUT2D eigenvalue weighted by Crippen LogP contribution is 2.42. The van der Waals surface area contributed by atoms with Crippen LogP contribution in [0.15, 0.2) is 79.1 Å². The van der Waals surface area contributed by atoms with Crippen LogP contribution in [0.25, 0.3) is 17.0 Å². The standard InChI is InChI=1S/C45H49F3N4O6/c1-4-28-5-9-30(10-6-28)31-13-15-32(16-14-31)35-24-49-43(50-25-35)33-11-7-29(8-12-33)26-52(27-42(54)55)44(56)38-20-18-36(22-40(38)58-3)51-41(53)21-34-17-19-37(57-2)23-39(34)45(46,47)48/h7-8,11-12,15,17-20,22-25,28,30-31H,4-6,9-10,13-14,16,21,26-27H2,1-3H3,(H,51,53)(H,54,55)/t28-,30-,31?. The van der Waals surface area contributed by atoms with Crippen LogP contribution >= 0.6 is 0 Å². The van der Waals surface area contributed by atoms with Crippen molar-refractivity contribution in [2.45, 2.75) is 77.4 Å². The summed E-state index contributed by atoms with van der Waals surface area (Å²) in [4.78, 5) is 48.9. The van der Waals surface area contributed by atoms with Crippen molar-refractivity contribution in [2.75, 3.05) is 26.1 Å². The van der Waals surface area contributed by atoms with Crippen LogP contribution in [0.5, 0.6) is 11.5 Å². The first kappa shape index (κ1) is 41.9. The van der Waals surface area contributed by atoms with Gasteiger partial charge in [0.25, 0.3) is 5.91 Å². The van der Waals surface area contributed by atoms with E-state index in [-0.39, 0.29) is 34.9 Å². The van der Waals surface area contributed by atoms with Crippen molar-refractivity contribution >= 4 is 29.0 Å². The number of methoxy groups -OCH3 is 2. The monoisotopic (exact) mass is 798 g/mol. The van der Waals surface area contributed by atoms with E-state index in [1.165, 1.54) is 88.6 Å². The molecule has 0 bridgehead atoms. The van der Waals surface area contributed by atoms with Crippen molar-refractivity contribution in [2.24, 2.45) is 17.8 Å². The molecular formula is C45H49F3N4O6. The van der Waals surface area contributed by atoms with Crippen LogP contribution in [-0.4, -0.2) is 58.5 Å². The second-order valence-corrected chi connectivity index (χ2v) is 15.2. The van der Waals surface area contributed by atoms with Gasteiger partial charge in [0.2, 0.25) is 5.91 Å². The average molecular weight is 799 g/mol. The van der Waals surface area contributed by atoms with Gasteiger partial charge < -0.3 is 24.8 Å². The van der Waals surface area contributed by atoms with Crippen molar-refractivity contribution in [3.05, 3.63) is 107 Å². The van der Waals surface area contributed by atoms with Crippen molar-refractivity contribution in [1.29, 1.82) is 0 Å². The van der Waals surface area contributed by atoms with Gasteiger partial charge in [0.15, 0.2) is 5.82 Å². The molecule has 306 valence electrons. The fraction of sp³-hybridized carbons (Fsp3) is 0.400. The normalized spacial score (nSPS) is 18.2. The van der Waals surface area contributed by atoms with Gasteiger partial charge >= 0.3 is 12.1 Å². The van der Waals surface area contributed by atoms with Gasteiger partial charge in [-0.15, -0.1) is 0 Å². The van der Waals surface area contributed by atoms with Crippen molar-refractivity contribution in [3.63, 3.8) is 0 Å². The number of hydrogen-bond donors (Lipinski definition) is 2. The van der Waals surface area contributed by atoms with Crippen LogP contribution in [0.4, 0.5) is 18.9 Å². The second-order valence-electron chi connectivity index (χ2n) is 15.2. The molecular weight excluding hydrogens is 750 g/mol. The second kappa shape index (κ2) is 18.7. The van der Waals surface area contributed by atoms with Crippen LogP contribution in [0.1, 0.15) is 90.9 Å². The maximum atomic E-state index is 13.7. The Morgan fingerprint density at radius 3 is 2.21 bits per heavy atom. The summed E-state index contributed by atoms with van der Waals surface area (Å²) in [6.45, 7) is 1.67. The number of aliphatic carboxylic acids is 1. The number of carbonyl (C=O) groups is 3. The largest absolute Gasteiger partial charge is 0.497 e. The van der Waals surface area contributed by atoms with E-state index in [2.05, 4.69) is 28.3 Å². The molecule has 3 aromatic carbocycles. The number of amides is 2. The van der Waals surface area contributed by atoms with Gasteiger partial charge in [-0.25, -0.2) is 9.97 Å². The molecule has 1 atom stereocenters. The Hall–Kier alpha value is -5.72. The molecule has 6 rings (SSSR count). The minimum absolute atomic E-state index is 0.00497. The number of nitrogens with one attached hydrogen (secondary N) is 1. The zero-order valence-electron chi connectivity index (χ0n) is 33.0. The van der Waals surface area contributed by atoms with Crippen LogP contribution < -0.4 is 14.8 Å². The lowest BCUT2D eigenvalue weighted by Gasteiger charge is -2.35. The number of carboxylic acid groups (broad SMARTS) is 1. The van der Waals surface area contributed by atoms with Crippen LogP contribution in [0, 0.1) is 17.8 Å². The first-order valence-corrected chi connectivity index (χ1v) is 19.7. The summed E-state index contributed by atoms with van der Waals surface area (Å²) < 4.78 is 51.4. The maximum absolute atomic E-state index is 13.7. The van der Waals surface area contributed by atoms with Gasteiger partial charge in [-0.1, -0.05) is 62.6 Å². The summed E-state index contributed by atoms with van der Waals surface area (Å²) in [5, 5.41) is 12.2. The predicted molar refractivity (Wildman–Crippen MR) is 214 cm³/mol. The third-order valence-corrected chi connectivity index (χ3v) is 11.5. The summed E-state index contributed by atoms with van der Waals surface area (Å²) in [7, 11) is 2.55. The number of halogens is 3. The summed E-state index contributed by atoms with van der Waals surface area (Å²) in [5.41, 5.74) is 2.74. The molecule has 1 unspecified atom stereocenters. The van der Waals surface area contributed by atoms with E-state index in [4.69, 9.17) is 9.47 Å². The average Bonchev–Trinajstić information content (AvgIpc) is 3.23. The number of carbonyl (C=O) groups excluding carboxylic acids is 2. The van der Waals surface area contributed by atoms with Crippen molar-refractivity contribution in [3.8, 4) is 22.9 Å². The number of allylic oxidation sites excluding steroid dienone is 2. The first-order chi connectivity index (χ1) is 27.8. The number of anilines is 1. The lowest BCUT2D eigenvalue weighted by atomic mass is 9.71. The molecule has 13 heteroatoms. The number of hydrogen-bond acceptors (Lipinski definition) is 7. The lowest BCUT2D eigenvalue weighted by Crippen LogP contribution is -2.35. The molecule has 0 aliphatic heterocycles. The molecule has 1 aromatic heterocycles. The topological polar surface area (TPSA) is 131 Å². The number of rotatable bonds is 14. The zero-order valence-corrected chi connectivity index (χ0v) is 33.0. The van der Waals surface area contributed by atoms with Crippen LogP contribution in [0.2, 0.25) is 0 Å². The maximum Gasteiger partial charge on any atom is 0.416 e. The third-order valence-electron chi connectivity index (χ3n) is 11.5. The summed E-state index contributed by atoms with van der Waals surface area (Å²) in [6, 6.07) is 14.7. The molecule has 4 aromatic rings. The predicted octanol–water partition coefficient (Wildman–Crippen LogP) is 9.49. The lowest BCUT2D eigenvalue weighted by molar-refractivity contribution is -0.139. The summed E-state index contributed by atoms with van der Waals surface area (Å²) in [6.07, 6.45) is 11.0. The van der Waals surface area contributed by atoms with Crippen molar-refractivity contribution in [1.82, 2.24) is 14.9 Å². The Morgan fingerprint density at radius 2 is 1.60 bits per heavy atom. The highest BCUT2D eigenvalue weighted by atomic mass is 19.4. The SMILES string of the molecule is CC[C@H]1CC[C@H](C2CC=C(c3cnc(-c4ccc(CN(CC(=O)O)C(=O)c5ccc(NC(=O)Cc6ccc(OC)cc6C(F)(F)F)cc5OC)cc4)nc3)CC2)CC1. The molecule has 0 spiro atoms.